The Kier molecular flexibility index (Phi) is 5.91. The van der Waals surface area contributed by atoms with Gasteiger partial charge in [-0.05, 0) is 36.4 Å². The minimum Gasteiger partial charge on any atom is -0.382 e. The Hall–Kier alpha value is -2.32. The molecule has 9 heteroatoms. The van der Waals surface area contributed by atoms with Crippen LogP contribution in [0.2, 0.25) is 10.0 Å². The maximum Gasteiger partial charge on any atom is 0.209 e. The molecule has 29 heavy (non-hydrogen) atoms. The number of halogens is 2. The number of ether oxygens (including phenoxy) is 1. The summed E-state index contributed by atoms with van der Waals surface area (Å²) in [5.41, 5.74) is 8.21. The molecule has 150 valence electrons. The fourth-order valence-corrected chi connectivity index (χ4v) is 4.50. The van der Waals surface area contributed by atoms with Crippen LogP contribution in [0, 0.1) is 0 Å². The molecule has 0 radical (unpaired) electrons. The van der Waals surface area contributed by atoms with Crippen molar-refractivity contribution in [1.82, 2.24) is 4.98 Å². The molecule has 1 saturated heterocycles. The van der Waals surface area contributed by atoms with Crippen molar-refractivity contribution in [3.05, 3.63) is 63.0 Å². The predicted molar refractivity (Wildman–Crippen MR) is 119 cm³/mol. The Balaban J connectivity index is 1.51. The van der Waals surface area contributed by atoms with Crippen LogP contribution in [0.1, 0.15) is 15.2 Å². The minimum atomic E-state index is -0.341. The van der Waals surface area contributed by atoms with Crippen molar-refractivity contribution in [3.63, 3.8) is 0 Å². The number of nitrogens with two attached hydrogens (primary N) is 1. The highest BCUT2D eigenvalue weighted by Gasteiger charge is 2.22. The van der Waals surface area contributed by atoms with E-state index in [9.17, 15) is 4.79 Å². The lowest BCUT2D eigenvalue weighted by atomic mass is 10.1. The summed E-state index contributed by atoms with van der Waals surface area (Å²) in [5.74, 6) is -0.199. The summed E-state index contributed by atoms with van der Waals surface area (Å²) in [6, 6.07) is 12.9. The van der Waals surface area contributed by atoms with Crippen LogP contribution in [0.5, 0.6) is 0 Å². The van der Waals surface area contributed by atoms with E-state index in [0.717, 1.165) is 37.7 Å². The average Bonchev–Trinajstić information content (AvgIpc) is 3.09. The first-order valence-corrected chi connectivity index (χ1v) is 10.5. The summed E-state index contributed by atoms with van der Waals surface area (Å²) < 4.78 is 5.39. The van der Waals surface area contributed by atoms with E-state index < -0.39 is 0 Å². The zero-order chi connectivity index (χ0) is 20.4. The van der Waals surface area contributed by atoms with Crippen LogP contribution < -0.4 is 16.0 Å². The molecule has 3 N–H and O–H groups in total. The number of hydrogen-bond donors (Lipinski definition) is 2. The van der Waals surface area contributed by atoms with Crippen LogP contribution in [-0.4, -0.2) is 37.1 Å². The Labute approximate surface area is 182 Å². The second kappa shape index (κ2) is 8.59. The third-order valence-corrected chi connectivity index (χ3v) is 6.16. The summed E-state index contributed by atoms with van der Waals surface area (Å²) in [4.78, 5) is 19.7. The average molecular weight is 449 g/mol. The van der Waals surface area contributed by atoms with Gasteiger partial charge in [0.15, 0.2) is 5.13 Å². The molecule has 0 unspecified atom stereocenters. The molecule has 1 aliphatic heterocycles. The van der Waals surface area contributed by atoms with Crippen LogP contribution >= 0.6 is 34.5 Å². The minimum absolute atomic E-state index is 0.142. The van der Waals surface area contributed by atoms with E-state index in [-0.39, 0.29) is 27.2 Å². The molecule has 2 aromatic carbocycles. The molecule has 2 heterocycles. The molecule has 0 bridgehead atoms. The standard InChI is InChI=1S/C20H18Cl2N4O2S/c21-14-2-1-3-15(22)16(14)17(27)18-19(23)25-20(29-18)24-12-4-6-13(7-5-12)26-8-10-28-11-9-26/h1-7H,8-11,23H2,(H,24,25). The molecule has 0 amide bonds. The molecule has 6 nitrogen and oxygen atoms in total. The van der Waals surface area contributed by atoms with E-state index in [0.29, 0.717) is 10.0 Å². The van der Waals surface area contributed by atoms with Crippen LogP contribution in [0.25, 0.3) is 0 Å². The van der Waals surface area contributed by atoms with Crippen LogP contribution in [-0.2, 0) is 4.74 Å². The van der Waals surface area contributed by atoms with E-state index >= 15 is 0 Å². The molecule has 1 aromatic heterocycles. The number of aromatic nitrogens is 1. The summed E-state index contributed by atoms with van der Waals surface area (Å²) >= 11 is 13.5. The molecule has 4 rings (SSSR count). The number of rotatable bonds is 5. The van der Waals surface area contributed by atoms with Gasteiger partial charge in [-0.15, -0.1) is 0 Å². The fourth-order valence-electron chi connectivity index (χ4n) is 3.08. The highest BCUT2D eigenvalue weighted by Crippen LogP contribution is 2.34. The monoisotopic (exact) mass is 448 g/mol. The Bertz CT molecular complexity index is 1010. The molecule has 1 aliphatic rings. The highest BCUT2D eigenvalue weighted by molar-refractivity contribution is 7.18. The van der Waals surface area contributed by atoms with Gasteiger partial charge in [-0.3, -0.25) is 4.79 Å². The van der Waals surface area contributed by atoms with E-state index in [1.54, 1.807) is 18.2 Å². The number of benzene rings is 2. The maximum absolute atomic E-state index is 12.9. The largest absolute Gasteiger partial charge is 0.382 e. The van der Waals surface area contributed by atoms with Gasteiger partial charge in [-0.1, -0.05) is 40.6 Å². The molecular formula is C20H18Cl2N4O2S. The number of thiazole rings is 1. The van der Waals surface area contributed by atoms with Gasteiger partial charge in [-0.2, -0.15) is 0 Å². The second-order valence-corrected chi connectivity index (χ2v) is 8.24. The van der Waals surface area contributed by atoms with Gasteiger partial charge in [0.25, 0.3) is 0 Å². The quantitative estimate of drug-likeness (QED) is 0.543. The van der Waals surface area contributed by atoms with Gasteiger partial charge >= 0.3 is 0 Å². The van der Waals surface area contributed by atoms with Crippen molar-refractivity contribution in [2.75, 3.05) is 42.3 Å². The third kappa shape index (κ3) is 4.33. The molecule has 0 spiro atoms. The molecule has 0 aliphatic carbocycles. The molecule has 1 fully saturated rings. The number of morpholine rings is 1. The van der Waals surface area contributed by atoms with Gasteiger partial charge in [0.05, 0.1) is 28.8 Å². The van der Waals surface area contributed by atoms with Crippen molar-refractivity contribution >= 4 is 62.6 Å². The second-order valence-electron chi connectivity index (χ2n) is 6.43. The smallest absolute Gasteiger partial charge is 0.209 e. The number of nitrogens with one attached hydrogen (secondary N) is 1. The van der Waals surface area contributed by atoms with Gasteiger partial charge in [-0.25, -0.2) is 4.98 Å². The van der Waals surface area contributed by atoms with Crippen molar-refractivity contribution in [1.29, 1.82) is 0 Å². The van der Waals surface area contributed by atoms with Crippen molar-refractivity contribution in [3.8, 4) is 0 Å². The number of hydrogen-bond acceptors (Lipinski definition) is 7. The number of nitrogens with zero attached hydrogens (tertiary/aromatic N) is 2. The van der Waals surface area contributed by atoms with Gasteiger partial charge in [0.1, 0.15) is 10.7 Å². The van der Waals surface area contributed by atoms with Crippen LogP contribution in [0.3, 0.4) is 0 Å². The summed E-state index contributed by atoms with van der Waals surface area (Å²) in [5, 5.41) is 4.28. The molecule has 0 atom stereocenters. The lowest BCUT2D eigenvalue weighted by Crippen LogP contribution is -2.36. The number of anilines is 4. The van der Waals surface area contributed by atoms with E-state index in [2.05, 4.69) is 15.2 Å². The maximum atomic E-state index is 12.9. The number of carbonyl (C=O) groups excluding carboxylic acids is 1. The highest BCUT2D eigenvalue weighted by atomic mass is 35.5. The predicted octanol–water partition coefficient (Wildman–Crippen LogP) is 4.84. The summed E-state index contributed by atoms with van der Waals surface area (Å²) in [7, 11) is 0. The zero-order valence-corrected chi connectivity index (χ0v) is 17.7. The zero-order valence-electron chi connectivity index (χ0n) is 15.3. The number of nitrogen functional groups attached to an aromatic ring is 1. The summed E-state index contributed by atoms with van der Waals surface area (Å²) in [6.07, 6.45) is 0. The first kappa shape index (κ1) is 20.0. The van der Waals surface area contributed by atoms with Gasteiger partial charge in [0.2, 0.25) is 5.78 Å². The third-order valence-electron chi connectivity index (χ3n) is 4.54. The number of carbonyl (C=O) groups is 1. The topological polar surface area (TPSA) is 80.5 Å². The van der Waals surface area contributed by atoms with Crippen LogP contribution in [0.4, 0.5) is 22.3 Å². The first-order valence-electron chi connectivity index (χ1n) is 8.98. The molecule has 3 aromatic rings. The normalized spacial score (nSPS) is 14.1. The van der Waals surface area contributed by atoms with E-state index in [4.69, 9.17) is 33.7 Å². The van der Waals surface area contributed by atoms with Crippen molar-refractivity contribution in [2.45, 2.75) is 0 Å². The SMILES string of the molecule is Nc1nc(Nc2ccc(N3CCOCC3)cc2)sc1C(=O)c1c(Cl)cccc1Cl. The van der Waals surface area contributed by atoms with Crippen molar-refractivity contribution < 1.29 is 9.53 Å². The Morgan fingerprint density at radius 2 is 1.76 bits per heavy atom. The molecular weight excluding hydrogens is 431 g/mol. The van der Waals surface area contributed by atoms with E-state index in [1.807, 2.05) is 24.3 Å². The summed E-state index contributed by atoms with van der Waals surface area (Å²) in [6.45, 7) is 3.24. The lowest BCUT2D eigenvalue weighted by Gasteiger charge is -2.28. The van der Waals surface area contributed by atoms with Gasteiger partial charge in [0, 0.05) is 24.5 Å². The van der Waals surface area contributed by atoms with Gasteiger partial charge < -0.3 is 20.7 Å². The first-order chi connectivity index (χ1) is 14.0. The van der Waals surface area contributed by atoms with Crippen LogP contribution in [0.15, 0.2) is 42.5 Å². The Morgan fingerprint density at radius 3 is 2.41 bits per heavy atom. The fraction of sp³-hybridized carbons (Fsp3) is 0.200. The molecule has 0 saturated carbocycles. The van der Waals surface area contributed by atoms with Crippen molar-refractivity contribution in [2.24, 2.45) is 0 Å². The Morgan fingerprint density at radius 1 is 1.10 bits per heavy atom. The van der Waals surface area contributed by atoms with E-state index in [1.165, 1.54) is 11.3 Å². The lowest BCUT2D eigenvalue weighted by molar-refractivity contribution is 0.104. The number of ketones is 1.